The summed E-state index contributed by atoms with van der Waals surface area (Å²) in [5.41, 5.74) is 2.76. The Morgan fingerprint density at radius 1 is 0.891 bits per heavy atom. The van der Waals surface area contributed by atoms with Crippen LogP contribution in [-0.2, 0) is 32.6 Å². The summed E-state index contributed by atoms with van der Waals surface area (Å²) in [6.45, 7) is 6.98. The van der Waals surface area contributed by atoms with E-state index in [2.05, 4.69) is 5.32 Å². The van der Waals surface area contributed by atoms with Crippen molar-refractivity contribution in [3.05, 3.63) is 130 Å². The van der Waals surface area contributed by atoms with Crippen molar-refractivity contribution < 1.29 is 22.4 Å². The largest absolute Gasteiger partial charge is 0.354 e. The van der Waals surface area contributed by atoms with Gasteiger partial charge in [0.2, 0.25) is 11.8 Å². The molecule has 0 fully saturated rings. The molecule has 2 amide bonds. The van der Waals surface area contributed by atoms with E-state index in [1.165, 1.54) is 29.2 Å². The topological polar surface area (TPSA) is 86.8 Å². The van der Waals surface area contributed by atoms with Crippen LogP contribution in [0.5, 0.6) is 0 Å². The minimum absolute atomic E-state index is 0.0150. The number of hydrogen-bond acceptors (Lipinski definition) is 4. The number of rotatable bonds is 13. The second-order valence-corrected chi connectivity index (χ2v) is 14.0. The first-order valence-corrected chi connectivity index (χ1v) is 16.9. The lowest BCUT2D eigenvalue weighted by Crippen LogP contribution is -2.53. The summed E-state index contributed by atoms with van der Waals surface area (Å²) >= 11 is 6.43. The van der Waals surface area contributed by atoms with Crippen LogP contribution in [0.4, 0.5) is 10.1 Å². The van der Waals surface area contributed by atoms with Gasteiger partial charge in [0.25, 0.3) is 10.0 Å². The van der Waals surface area contributed by atoms with Gasteiger partial charge in [-0.2, -0.15) is 0 Å². The molecule has 46 heavy (non-hydrogen) atoms. The van der Waals surface area contributed by atoms with Gasteiger partial charge >= 0.3 is 0 Å². The third-order valence-corrected chi connectivity index (χ3v) is 9.78. The SMILES string of the molecule is Cc1ccc(S(=O)(=O)N(CC(=O)N(Cc2ccccc2F)C(Cc2ccccc2)C(=O)NCC(C)C)c2ccc(C)c(Cl)c2)cc1. The number of nitrogens with one attached hydrogen (secondary N) is 1. The Labute approximate surface area is 276 Å². The van der Waals surface area contributed by atoms with Gasteiger partial charge in [0.15, 0.2) is 0 Å². The van der Waals surface area contributed by atoms with E-state index in [0.29, 0.717) is 11.6 Å². The van der Waals surface area contributed by atoms with Crippen molar-refractivity contribution in [1.29, 1.82) is 0 Å². The number of anilines is 1. The van der Waals surface area contributed by atoms with E-state index in [4.69, 9.17) is 11.6 Å². The molecule has 0 spiro atoms. The lowest BCUT2D eigenvalue weighted by atomic mass is 10.0. The molecule has 1 atom stereocenters. The molecule has 0 aliphatic carbocycles. The number of carbonyl (C=O) groups is 2. The highest BCUT2D eigenvalue weighted by molar-refractivity contribution is 7.92. The lowest BCUT2D eigenvalue weighted by Gasteiger charge is -2.34. The molecule has 0 saturated carbocycles. The van der Waals surface area contributed by atoms with Crippen molar-refractivity contribution in [2.75, 3.05) is 17.4 Å². The molecule has 7 nitrogen and oxygen atoms in total. The number of nitrogens with zero attached hydrogens (tertiary/aromatic N) is 2. The summed E-state index contributed by atoms with van der Waals surface area (Å²) in [6.07, 6.45) is 0.131. The van der Waals surface area contributed by atoms with Crippen LogP contribution < -0.4 is 9.62 Å². The van der Waals surface area contributed by atoms with Crippen LogP contribution in [0.15, 0.2) is 102 Å². The van der Waals surface area contributed by atoms with E-state index >= 15 is 4.39 Å². The van der Waals surface area contributed by atoms with Gasteiger partial charge in [-0.25, -0.2) is 12.8 Å². The van der Waals surface area contributed by atoms with Crippen molar-refractivity contribution >= 4 is 39.1 Å². The van der Waals surface area contributed by atoms with Crippen molar-refractivity contribution in [1.82, 2.24) is 10.2 Å². The Hall–Kier alpha value is -4.21. The van der Waals surface area contributed by atoms with E-state index in [1.807, 2.05) is 51.1 Å². The number of hydrogen-bond donors (Lipinski definition) is 1. The number of benzene rings is 4. The summed E-state index contributed by atoms with van der Waals surface area (Å²) < 4.78 is 44.4. The first kappa shape index (κ1) is 34.7. The van der Waals surface area contributed by atoms with Gasteiger partial charge < -0.3 is 10.2 Å². The standard InChI is InChI=1S/C36H39ClFN3O4S/c1-25(2)22-39-36(43)34(20-28-10-6-5-7-11-28)40(23-29-12-8-9-13-33(29)38)35(42)24-41(30-17-16-27(4)32(37)21-30)46(44,45)31-18-14-26(3)15-19-31/h5-19,21,25,34H,20,22-24H2,1-4H3,(H,39,43). The molecule has 242 valence electrons. The predicted octanol–water partition coefficient (Wildman–Crippen LogP) is 6.70. The molecule has 0 heterocycles. The number of sulfonamides is 1. The van der Waals surface area contributed by atoms with Crippen LogP contribution >= 0.6 is 11.6 Å². The average molecular weight is 664 g/mol. The molecule has 10 heteroatoms. The maximum Gasteiger partial charge on any atom is 0.264 e. The molecule has 0 saturated heterocycles. The van der Waals surface area contributed by atoms with Crippen LogP contribution in [0, 0.1) is 25.6 Å². The van der Waals surface area contributed by atoms with Crippen LogP contribution in [0.2, 0.25) is 5.02 Å². The zero-order valence-electron chi connectivity index (χ0n) is 26.4. The first-order chi connectivity index (χ1) is 21.9. The van der Waals surface area contributed by atoms with E-state index in [0.717, 1.165) is 21.0 Å². The van der Waals surface area contributed by atoms with Crippen molar-refractivity contribution in [3.63, 3.8) is 0 Å². The van der Waals surface area contributed by atoms with Crippen LogP contribution in [0.3, 0.4) is 0 Å². The third-order valence-electron chi connectivity index (χ3n) is 7.59. The van der Waals surface area contributed by atoms with Gasteiger partial charge in [-0.05, 0) is 61.2 Å². The van der Waals surface area contributed by atoms with E-state index in [9.17, 15) is 18.0 Å². The monoisotopic (exact) mass is 663 g/mol. The summed E-state index contributed by atoms with van der Waals surface area (Å²) in [4.78, 5) is 29.6. The Bertz CT molecular complexity index is 1770. The second-order valence-electron chi connectivity index (χ2n) is 11.7. The first-order valence-electron chi connectivity index (χ1n) is 15.1. The zero-order valence-corrected chi connectivity index (χ0v) is 28.0. The molecule has 0 aromatic heterocycles. The highest BCUT2D eigenvalue weighted by Gasteiger charge is 2.35. The van der Waals surface area contributed by atoms with Crippen molar-refractivity contribution in [2.24, 2.45) is 5.92 Å². The second kappa shape index (κ2) is 15.4. The van der Waals surface area contributed by atoms with Gasteiger partial charge in [0, 0.05) is 30.1 Å². The molecule has 0 radical (unpaired) electrons. The van der Waals surface area contributed by atoms with E-state index in [1.54, 1.807) is 49.4 Å². The van der Waals surface area contributed by atoms with Gasteiger partial charge in [0.1, 0.15) is 18.4 Å². The highest BCUT2D eigenvalue weighted by Crippen LogP contribution is 2.29. The fourth-order valence-corrected chi connectivity index (χ4v) is 6.47. The molecule has 4 rings (SSSR count). The Morgan fingerprint density at radius 2 is 1.54 bits per heavy atom. The average Bonchev–Trinajstić information content (AvgIpc) is 3.03. The van der Waals surface area contributed by atoms with E-state index < -0.39 is 40.2 Å². The molecule has 0 bridgehead atoms. The molecular formula is C36H39ClFN3O4S. The van der Waals surface area contributed by atoms with E-state index in [-0.39, 0.29) is 35.0 Å². The molecule has 4 aromatic rings. The van der Waals surface area contributed by atoms with Gasteiger partial charge in [0.05, 0.1) is 10.6 Å². The van der Waals surface area contributed by atoms with Gasteiger partial charge in [-0.1, -0.05) is 97.7 Å². The molecule has 1 unspecified atom stereocenters. The van der Waals surface area contributed by atoms with Crippen LogP contribution in [-0.4, -0.2) is 44.3 Å². The summed E-state index contributed by atoms with van der Waals surface area (Å²) in [7, 11) is -4.28. The summed E-state index contributed by atoms with van der Waals surface area (Å²) in [5, 5.41) is 3.25. The smallest absolute Gasteiger partial charge is 0.264 e. The molecule has 0 aliphatic heterocycles. The number of halogens is 2. The predicted molar refractivity (Wildman–Crippen MR) is 181 cm³/mol. The maximum atomic E-state index is 15.1. The lowest BCUT2D eigenvalue weighted by molar-refractivity contribution is -0.140. The molecule has 4 aromatic carbocycles. The van der Waals surface area contributed by atoms with Crippen LogP contribution in [0.1, 0.15) is 36.1 Å². The fraction of sp³-hybridized carbons (Fsp3) is 0.278. The minimum Gasteiger partial charge on any atom is -0.354 e. The number of amides is 2. The van der Waals surface area contributed by atoms with Crippen molar-refractivity contribution in [2.45, 2.75) is 51.6 Å². The number of aryl methyl sites for hydroxylation is 2. The zero-order chi connectivity index (χ0) is 33.4. The Morgan fingerprint density at radius 3 is 2.17 bits per heavy atom. The molecular weight excluding hydrogens is 625 g/mol. The third kappa shape index (κ3) is 8.73. The van der Waals surface area contributed by atoms with Gasteiger partial charge in [-0.15, -0.1) is 0 Å². The summed E-state index contributed by atoms with van der Waals surface area (Å²) in [6, 6.07) is 25.2. The van der Waals surface area contributed by atoms with Gasteiger partial charge in [-0.3, -0.25) is 13.9 Å². The normalized spacial score (nSPS) is 12.1. The summed E-state index contributed by atoms with van der Waals surface area (Å²) in [5.74, 6) is -1.51. The highest BCUT2D eigenvalue weighted by atomic mass is 35.5. The molecule has 0 aliphatic rings. The minimum atomic E-state index is -4.28. The van der Waals surface area contributed by atoms with Crippen LogP contribution in [0.25, 0.3) is 0 Å². The Kier molecular flexibility index (Phi) is 11.6. The maximum absolute atomic E-state index is 15.1. The van der Waals surface area contributed by atoms with Crippen molar-refractivity contribution in [3.8, 4) is 0 Å². The quantitative estimate of drug-likeness (QED) is 0.172. The fourth-order valence-electron chi connectivity index (χ4n) is 4.89. The Balaban J connectivity index is 1.82. The molecule has 1 N–H and O–H groups in total. The number of carbonyl (C=O) groups excluding carboxylic acids is 2.